The third kappa shape index (κ3) is 8.11. The zero-order valence-electron chi connectivity index (χ0n) is 25.2. The molecule has 7 nitrogen and oxygen atoms in total. The molecule has 2 atom stereocenters. The highest BCUT2D eigenvalue weighted by Gasteiger charge is 2.35. The fourth-order valence-corrected chi connectivity index (χ4v) is 6.26. The Kier molecular flexibility index (Phi) is 10.9. The molecule has 0 fully saturated rings. The van der Waals surface area contributed by atoms with Crippen molar-refractivity contribution in [1.82, 2.24) is 10.2 Å². The highest BCUT2D eigenvalue weighted by atomic mass is 32.2. The van der Waals surface area contributed by atoms with Gasteiger partial charge in [-0.2, -0.15) is 0 Å². The number of nitrogens with zero attached hydrogens (tertiary/aromatic N) is 2. The highest BCUT2D eigenvalue weighted by Crippen LogP contribution is 2.25. The number of hydrogen-bond acceptors (Lipinski definition) is 4. The maximum Gasteiger partial charge on any atom is 0.264 e. The van der Waals surface area contributed by atoms with Crippen LogP contribution in [0.2, 0.25) is 0 Å². The van der Waals surface area contributed by atoms with Crippen LogP contribution < -0.4 is 9.62 Å². The fraction of sp³-hybridized carbons (Fsp3) is 0.257. The molecular weight excluding hydrogens is 577 g/mol. The molecule has 1 N–H and O–H groups in total. The summed E-state index contributed by atoms with van der Waals surface area (Å²) in [6.07, 6.45) is 0.923. The molecule has 4 aromatic rings. The molecule has 0 aliphatic carbocycles. The molecule has 0 heterocycles. The van der Waals surface area contributed by atoms with Crippen LogP contribution in [0.15, 0.2) is 114 Å². The molecule has 0 bridgehead atoms. The largest absolute Gasteiger partial charge is 0.352 e. The number of aryl methyl sites for hydroxylation is 1. The van der Waals surface area contributed by atoms with Gasteiger partial charge < -0.3 is 10.2 Å². The number of hydrogen-bond donors (Lipinski definition) is 1. The van der Waals surface area contributed by atoms with E-state index in [1.807, 2.05) is 75.4 Å². The predicted molar refractivity (Wildman–Crippen MR) is 171 cm³/mol. The molecule has 9 heteroatoms. The van der Waals surface area contributed by atoms with Crippen LogP contribution in [0.4, 0.5) is 10.1 Å². The van der Waals surface area contributed by atoms with Crippen LogP contribution in [0.1, 0.15) is 37.0 Å². The van der Waals surface area contributed by atoms with Gasteiger partial charge in [0.15, 0.2) is 0 Å². The Balaban J connectivity index is 1.80. The molecule has 44 heavy (non-hydrogen) atoms. The normalized spacial score (nSPS) is 12.6. The van der Waals surface area contributed by atoms with Crippen molar-refractivity contribution in [1.29, 1.82) is 0 Å². The van der Waals surface area contributed by atoms with E-state index in [1.165, 1.54) is 29.2 Å². The SMILES string of the molecule is CCC(C)NC(=O)C(Cc1ccccc1)N(Cc1ccccc1C)C(=O)CN(c1ccc(F)cc1)S(=O)(=O)c1ccccc1. The lowest BCUT2D eigenvalue weighted by Crippen LogP contribution is -2.54. The minimum Gasteiger partial charge on any atom is -0.352 e. The third-order valence-electron chi connectivity index (χ3n) is 7.60. The number of carbonyl (C=O) groups excluding carboxylic acids is 2. The van der Waals surface area contributed by atoms with Gasteiger partial charge in [-0.25, -0.2) is 12.8 Å². The minimum absolute atomic E-state index is 0.0158. The van der Waals surface area contributed by atoms with Gasteiger partial charge in [0.25, 0.3) is 10.0 Å². The quantitative estimate of drug-likeness (QED) is 0.203. The lowest BCUT2D eigenvalue weighted by Gasteiger charge is -2.34. The predicted octanol–water partition coefficient (Wildman–Crippen LogP) is 5.88. The van der Waals surface area contributed by atoms with E-state index in [4.69, 9.17) is 0 Å². The Morgan fingerprint density at radius 2 is 1.43 bits per heavy atom. The van der Waals surface area contributed by atoms with E-state index >= 15 is 0 Å². The number of halogens is 1. The molecule has 0 saturated carbocycles. The van der Waals surface area contributed by atoms with E-state index in [1.54, 1.807) is 18.2 Å². The lowest BCUT2D eigenvalue weighted by molar-refractivity contribution is -0.140. The molecule has 230 valence electrons. The molecule has 0 saturated heterocycles. The number of sulfonamides is 1. The Morgan fingerprint density at radius 1 is 0.841 bits per heavy atom. The fourth-order valence-electron chi connectivity index (χ4n) is 4.82. The Labute approximate surface area is 259 Å². The van der Waals surface area contributed by atoms with Crippen molar-refractivity contribution in [2.75, 3.05) is 10.8 Å². The van der Waals surface area contributed by atoms with Crippen LogP contribution in [0.25, 0.3) is 0 Å². The van der Waals surface area contributed by atoms with E-state index in [0.717, 1.165) is 33.1 Å². The Morgan fingerprint density at radius 3 is 2.05 bits per heavy atom. The molecule has 0 aliphatic heterocycles. The van der Waals surface area contributed by atoms with Crippen LogP contribution in [0, 0.1) is 12.7 Å². The van der Waals surface area contributed by atoms with Gasteiger partial charge in [0, 0.05) is 19.0 Å². The van der Waals surface area contributed by atoms with Crippen LogP contribution in [0.3, 0.4) is 0 Å². The zero-order valence-corrected chi connectivity index (χ0v) is 26.0. The average Bonchev–Trinajstić information content (AvgIpc) is 3.03. The number of benzene rings is 4. The number of nitrogens with one attached hydrogen (secondary N) is 1. The molecule has 0 aliphatic rings. The van der Waals surface area contributed by atoms with Crippen molar-refractivity contribution in [3.63, 3.8) is 0 Å². The summed E-state index contributed by atoms with van der Waals surface area (Å²) in [5.74, 6) is -1.44. The molecule has 0 aromatic heterocycles. The summed E-state index contributed by atoms with van der Waals surface area (Å²) >= 11 is 0. The van der Waals surface area contributed by atoms with Gasteiger partial charge >= 0.3 is 0 Å². The summed E-state index contributed by atoms with van der Waals surface area (Å²) in [6, 6.07) is 28.6. The van der Waals surface area contributed by atoms with Crippen molar-refractivity contribution >= 4 is 27.5 Å². The smallest absolute Gasteiger partial charge is 0.264 e. The second kappa shape index (κ2) is 14.8. The van der Waals surface area contributed by atoms with E-state index in [9.17, 15) is 22.4 Å². The van der Waals surface area contributed by atoms with E-state index < -0.39 is 34.3 Å². The van der Waals surface area contributed by atoms with Crippen molar-refractivity contribution in [2.45, 2.75) is 57.1 Å². The van der Waals surface area contributed by atoms with Gasteiger partial charge in [0.2, 0.25) is 11.8 Å². The second-order valence-electron chi connectivity index (χ2n) is 10.8. The van der Waals surface area contributed by atoms with Gasteiger partial charge in [-0.05, 0) is 73.4 Å². The third-order valence-corrected chi connectivity index (χ3v) is 9.39. The zero-order chi connectivity index (χ0) is 31.7. The van der Waals surface area contributed by atoms with Gasteiger partial charge in [0.1, 0.15) is 18.4 Å². The number of amides is 2. The van der Waals surface area contributed by atoms with Crippen molar-refractivity contribution in [3.05, 3.63) is 132 Å². The second-order valence-corrected chi connectivity index (χ2v) is 12.6. The van der Waals surface area contributed by atoms with Crippen LogP contribution >= 0.6 is 0 Å². The summed E-state index contributed by atoms with van der Waals surface area (Å²) in [7, 11) is -4.24. The maximum absolute atomic E-state index is 14.4. The average molecular weight is 616 g/mol. The minimum atomic E-state index is -4.24. The molecular formula is C35H38FN3O4S. The topological polar surface area (TPSA) is 86.8 Å². The van der Waals surface area contributed by atoms with E-state index in [0.29, 0.717) is 6.42 Å². The van der Waals surface area contributed by atoms with Crippen molar-refractivity contribution < 1.29 is 22.4 Å². The number of rotatable bonds is 13. The first-order valence-electron chi connectivity index (χ1n) is 14.6. The van der Waals surface area contributed by atoms with Gasteiger partial charge in [-0.3, -0.25) is 13.9 Å². The molecule has 4 aromatic carbocycles. The van der Waals surface area contributed by atoms with Crippen molar-refractivity contribution in [3.8, 4) is 0 Å². The highest BCUT2D eigenvalue weighted by molar-refractivity contribution is 7.92. The molecule has 2 amide bonds. The van der Waals surface area contributed by atoms with Crippen molar-refractivity contribution in [2.24, 2.45) is 0 Å². The molecule has 4 rings (SSSR count). The van der Waals surface area contributed by atoms with Gasteiger partial charge in [-0.15, -0.1) is 0 Å². The first-order chi connectivity index (χ1) is 21.1. The standard InChI is InChI=1S/C35H38FN3O4S/c1-4-27(3)37-35(41)33(23-28-14-7-5-8-15-28)38(24-29-16-12-11-13-26(29)2)34(40)25-39(31-21-19-30(36)20-22-31)44(42,43)32-17-9-6-10-18-32/h5-22,27,33H,4,23-25H2,1-3H3,(H,37,41). The van der Waals surface area contributed by atoms with Crippen LogP contribution in [-0.4, -0.2) is 43.8 Å². The first kappa shape index (κ1) is 32.4. The van der Waals surface area contributed by atoms with E-state index in [2.05, 4.69) is 5.32 Å². The molecule has 0 spiro atoms. The summed E-state index contributed by atoms with van der Waals surface area (Å²) in [6.45, 7) is 5.26. The number of carbonyl (C=O) groups is 2. The summed E-state index contributed by atoms with van der Waals surface area (Å²) in [4.78, 5) is 29.8. The Hall–Kier alpha value is -4.50. The first-order valence-corrected chi connectivity index (χ1v) is 16.1. The maximum atomic E-state index is 14.4. The van der Waals surface area contributed by atoms with Gasteiger partial charge in [0.05, 0.1) is 10.6 Å². The van der Waals surface area contributed by atoms with Crippen LogP contribution in [0.5, 0.6) is 0 Å². The number of anilines is 1. The monoisotopic (exact) mass is 615 g/mol. The Bertz CT molecular complexity index is 1650. The van der Waals surface area contributed by atoms with Crippen LogP contribution in [-0.2, 0) is 32.6 Å². The molecule has 2 unspecified atom stereocenters. The summed E-state index contributed by atoms with van der Waals surface area (Å²) in [5.41, 5.74) is 2.74. The van der Waals surface area contributed by atoms with Gasteiger partial charge in [-0.1, -0.05) is 79.7 Å². The lowest BCUT2D eigenvalue weighted by atomic mass is 10.0. The summed E-state index contributed by atoms with van der Waals surface area (Å²) < 4.78 is 42.8. The molecule has 0 radical (unpaired) electrons. The summed E-state index contributed by atoms with van der Waals surface area (Å²) in [5, 5.41) is 3.03. The van der Waals surface area contributed by atoms with E-state index in [-0.39, 0.29) is 35.5 Å².